The average molecular weight is 243 g/mol. The maximum atomic E-state index is 13.5. The Labute approximate surface area is 95.5 Å². The first-order valence-corrected chi connectivity index (χ1v) is 4.61. The third-order valence-corrected chi connectivity index (χ3v) is 1.84. The fraction of sp³-hybridized carbons (Fsp3) is 0.222. The number of nitro groups is 1. The van der Waals surface area contributed by atoms with Gasteiger partial charge in [0.1, 0.15) is 6.61 Å². The molecular weight excluding hydrogens is 233 g/mol. The van der Waals surface area contributed by atoms with Crippen molar-refractivity contribution >= 4 is 17.5 Å². The maximum Gasteiger partial charge on any atom is 0.404 e. The third kappa shape index (κ3) is 3.59. The van der Waals surface area contributed by atoms with E-state index in [0.29, 0.717) is 0 Å². The van der Waals surface area contributed by atoms with Gasteiger partial charge in [-0.1, -0.05) is 6.07 Å². The molecule has 0 saturated carbocycles. The van der Waals surface area contributed by atoms with Gasteiger partial charge >= 0.3 is 11.8 Å². The summed E-state index contributed by atoms with van der Waals surface area (Å²) in [5, 5.41) is 13.0. The normalized spacial score (nSPS) is 9.71. The summed E-state index contributed by atoms with van der Waals surface area (Å²) in [5.74, 6) is -0.962. The molecule has 0 spiro atoms. The fourth-order valence-corrected chi connectivity index (χ4v) is 1.13. The Kier molecular flexibility index (Phi) is 4.21. The molecule has 1 aromatic rings. The van der Waals surface area contributed by atoms with Crippen molar-refractivity contribution in [3.8, 4) is 0 Å². The number of hydrogen-bond donors (Lipinski definition) is 2. The lowest BCUT2D eigenvalue weighted by atomic mass is 10.2. The quantitative estimate of drug-likeness (QED) is 0.459. The lowest BCUT2D eigenvalue weighted by Crippen LogP contribution is -2.18. The Morgan fingerprint density at radius 1 is 1.59 bits per heavy atom. The van der Waals surface area contributed by atoms with Crippen LogP contribution in [0.2, 0.25) is 0 Å². The molecule has 7 nitrogen and oxygen atoms in total. The Balaban J connectivity index is 2.62. The smallest absolute Gasteiger partial charge is 0.404 e. The zero-order valence-electron chi connectivity index (χ0n) is 8.68. The molecule has 0 unspecified atom stereocenters. The Hall–Kier alpha value is -2.38. The number of primary amides is 1. The minimum atomic E-state index is -0.962. The molecule has 17 heavy (non-hydrogen) atoms. The second-order valence-corrected chi connectivity index (χ2v) is 2.99. The van der Waals surface area contributed by atoms with E-state index in [1.165, 1.54) is 12.1 Å². The zero-order valence-corrected chi connectivity index (χ0v) is 8.68. The predicted octanol–water partition coefficient (Wildman–Crippen LogP) is 1.24. The van der Waals surface area contributed by atoms with Crippen LogP contribution in [0.15, 0.2) is 18.2 Å². The van der Waals surface area contributed by atoms with Gasteiger partial charge in [-0.25, -0.2) is 4.79 Å². The first kappa shape index (κ1) is 12.7. The van der Waals surface area contributed by atoms with Crippen LogP contribution in [-0.2, 0) is 4.74 Å². The van der Waals surface area contributed by atoms with Crippen LogP contribution in [-0.4, -0.2) is 24.2 Å². The van der Waals surface area contributed by atoms with Crippen LogP contribution in [0.3, 0.4) is 0 Å². The van der Waals surface area contributed by atoms with E-state index in [1.807, 2.05) is 0 Å². The number of carbonyl (C=O) groups excluding carboxylic acids is 1. The van der Waals surface area contributed by atoms with E-state index in [0.717, 1.165) is 6.07 Å². The molecule has 0 aliphatic heterocycles. The van der Waals surface area contributed by atoms with Crippen molar-refractivity contribution < 1.29 is 18.8 Å². The minimum Gasteiger partial charge on any atom is -0.448 e. The van der Waals surface area contributed by atoms with Gasteiger partial charge in [-0.15, -0.1) is 0 Å². The Morgan fingerprint density at radius 3 is 2.88 bits per heavy atom. The van der Waals surface area contributed by atoms with Gasteiger partial charge in [0.25, 0.3) is 0 Å². The molecule has 0 bridgehead atoms. The lowest BCUT2D eigenvalue weighted by Gasteiger charge is -2.07. The van der Waals surface area contributed by atoms with Gasteiger partial charge < -0.3 is 15.8 Å². The van der Waals surface area contributed by atoms with Crippen LogP contribution in [0.25, 0.3) is 0 Å². The number of rotatable bonds is 5. The molecule has 0 heterocycles. The highest BCUT2D eigenvalue weighted by atomic mass is 19.1. The number of carbonyl (C=O) groups is 1. The molecule has 1 amide bonds. The van der Waals surface area contributed by atoms with E-state index in [4.69, 9.17) is 5.73 Å². The molecular formula is C9H10FN3O4. The number of ether oxygens (including phenoxy) is 1. The van der Waals surface area contributed by atoms with E-state index in [1.54, 1.807) is 0 Å². The van der Waals surface area contributed by atoms with Gasteiger partial charge in [-0.3, -0.25) is 10.1 Å². The van der Waals surface area contributed by atoms with Crippen molar-refractivity contribution in [1.82, 2.24) is 0 Å². The van der Waals surface area contributed by atoms with Crippen LogP contribution in [0.5, 0.6) is 0 Å². The summed E-state index contributed by atoms with van der Waals surface area (Å²) in [5.41, 5.74) is 4.06. The molecule has 3 N–H and O–H groups in total. The van der Waals surface area contributed by atoms with Crippen LogP contribution in [0.4, 0.5) is 20.6 Å². The van der Waals surface area contributed by atoms with Gasteiger partial charge in [0.05, 0.1) is 10.6 Å². The van der Waals surface area contributed by atoms with E-state index >= 15 is 0 Å². The van der Waals surface area contributed by atoms with Crippen LogP contribution in [0, 0.1) is 15.9 Å². The van der Waals surface area contributed by atoms with E-state index in [9.17, 15) is 19.3 Å². The molecule has 0 fully saturated rings. The van der Waals surface area contributed by atoms with Crippen molar-refractivity contribution in [3.63, 3.8) is 0 Å². The number of nitro benzene ring substituents is 1. The number of nitrogens with two attached hydrogens (primary N) is 1. The van der Waals surface area contributed by atoms with Crippen LogP contribution >= 0.6 is 0 Å². The standard InChI is InChI=1S/C9H10FN3O4/c10-8-6(12-4-5-17-9(11)14)2-1-3-7(8)13(15)16/h1-3,12H,4-5H2,(H2,11,14). The zero-order chi connectivity index (χ0) is 12.8. The number of anilines is 1. The fourth-order valence-electron chi connectivity index (χ4n) is 1.13. The largest absolute Gasteiger partial charge is 0.448 e. The number of benzene rings is 1. The van der Waals surface area contributed by atoms with E-state index in [-0.39, 0.29) is 18.8 Å². The van der Waals surface area contributed by atoms with Gasteiger partial charge in [0.2, 0.25) is 5.82 Å². The number of amides is 1. The Bertz CT molecular complexity index is 438. The topological polar surface area (TPSA) is 107 Å². The Morgan fingerprint density at radius 2 is 2.29 bits per heavy atom. The first-order valence-electron chi connectivity index (χ1n) is 4.61. The number of hydrogen-bond acceptors (Lipinski definition) is 5. The molecule has 0 aliphatic rings. The van der Waals surface area contributed by atoms with Gasteiger partial charge in [0, 0.05) is 12.6 Å². The lowest BCUT2D eigenvalue weighted by molar-refractivity contribution is -0.387. The second kappa shape index (κ2) is 5.64. The molecule has 0 atom stereocenters. The summed E-state index contributed by atoms with van der Waals surface area (Å²) in [6, 6.07) is 3.74. The minimum absolute atomic E-state index is 0.0349. The summed E-state index contributed by atoms with van der Waals surface area (Å²) in [6.07, 6.45) is -0.939. The van der Waals surface area contributed by atoms with Crippen LogP contribution in [0.1, 0.15) is 0 Å². The average Bonchev–Trinajstić information content (AvgIpc) is 2.25. The number of halogens is 1. The SMILES string of the molecule is NC(=O)OCCNc1cccc([N+](=O)[O-])c1F. The molecule has 92 valence electrons. The highest BCUT2D eigenvalue weighted by molar-refractivity contribution is 5.64. The second-order valence-electron chi connectivity index (χ2n) is 2.99. The van der Waals surface area contributed by atoms with Crippen LogP contribution < -0.4 is 11.1 Å². The molecule has 1 rings (SSSR count). The van der Waals surface area contributed by atoms with Crippen molar-refractivity contribution in [2.45, 2.75) is 0 Å². The van der Waals surface area contributed by atoms with Gasteiger partial charge in [-0.2, -0.15) is 4.39 Å². The van der Waals surface area contributed by atoms with Crippen molar-refractivity contribution in [1.29, 1.82) is 0 Å². The van der Waals surface area contributed by atoms with E-state index < -0.39 is 22.5 Å². The number of nitrogens with one attached hydrogen (secondary N) is 1. The summed E-state index contributed by atoms with van der Waals surface area (Å²) in [4.78, 5) is 19.9. The first-order chi connectivity index (χ1) is 8.02. The van der Waals surface area contributed by atoms with Crippen molar-refractivity contribution in [3.05, 3.63) is 34.1 Å². The number of nitrogens with zero attached hydrogens (tertiary/aromatic N) is 1. The molecule has 0 radical (unpaired) electrons. The van der Waals surface area contributed by atoms with Crippen molar-refractivity contribution in [2.24, 2.45) is 5.73 Å². The van der Waals surface area contributed by atoms with Gasteiger partial charge in [-0.05, 0) is 6.07 Å². The summed E-state index contributed by atoms with van der Waals surface area (Å²) in [6.45, 7) is 0.0402. The molecule has 0 aliphatic carbocycles. The van der Waals surface area contributed by atoms with E-state index in [2.05, 4.69) is 10.1 Å². The monoisotopic (exact) mass is 243 g/mol. The summed E-state index contributed by atoms with van der Waals surface area (Å²) >= 11 is 0. The molecule has 0 aromatic heterocycles. The van der Waals surface area contributed by atoms with Gasteiger partial charge in [0.15, 0.2) is 0 Å². The molecule has 8 heteroatoms. The highest BCUT2D eigenvalue weighted by Crippen LogP contribution is 2.23. The summed E-state index contributed by atoms with van der Waals surface area (Å²) in [7, 11) is 0. The molecule has 0 saturated heterocycles. The third-order valence-electron chi connectivity index (χ3n) is 1.84. The molecule has 1 aromatic carbocycles. The maximum absolute atomic E-state index is 13.5. The highest BCUT2D eigenvalue weighted by Gasteiger charge is 2.16. The summed E-state index contributed by atoms with van der Waals surface area (Å²) < 4.78 is 17.9. The predicted molar refractivity (Wildman–Crippen MR) is 57.1 cm³/mol. The van der Waals surface area contributed by atoms with Crippen molar-refractivity contribution in [2.75, 3.05) is 18.5 Å².